The molecule has 0 heterocycles. The molecule has 14 heavy (non-hydrogen) atoms. The van der Waals surface area contributed by atoms with Crippen LogP contribution in [0, 0.1) is 0 Å². The van der Waals surface area contributed by atoms with Crippen molar-refractivity contribution in [2.75, 3.05) is 20.1 Å². The number of carbonyl (C=O) groups excluding carboxylic acids is 1. The number of amides is 1. The number of hydrogen-bond acceptors (Lipinski definition) is 3. The first-order chi connectivity index (χ1) is 6.28. The Morgan fingerprint density at radius 1 is 1.57 bits per heavy atom. The molecule has 0 aromatic carbocycles. The largest absolute Gasteiger partial charge is 0.389 e. The first kappa shape index (κ1) is 13.4. The molecule has 84 valence electrons. The van der Waals surface area contributed by atoms with Gasteiger partial charge in [0.2, 0.25) is 5.91 Å². The summed E-state index contributed by atoms with van der Waals surface area (Å²) in [5, 5.41) is 12.3. The minimum absolute atomic E-state index is 0.000694. The molecule has 1 amide bonds. The van der Waals surface area contributed by atoms with Crippen LogP contribution in [0.3, 0.4) is 0 Å². The smallest absolute Gasteiger partial charge is 0.237 e. The van der Waals surface area contributed by atoms with Gasteiger partial charge in [0.25, 0.3) is 0 Å². The number of carbonyl (C=O) groups is 1. The lowest BCUT2D eigenvalue weighted by Gasteiger charge is -2.29. The van der Waals surface area contributed by atoms with Crippen molar-refractivity contribution < 1.29 is 9.90 Å². The number of nitrogens with one attached hydrogen (secondary N) is 1. The van der Waals surface area contributed by atoms with Crippen LogP contribution in [-0.4, -0.2) is 47.7 Å². The van der Waals surface area contributed by atoms with Gasteiger partial charge in [-0.05, 0) is 34.7 Å². The predicted octanol–water partition coefficient (Wildman–Crippen LogP) is 0.214. The van der Waals surface area contributed by atoms with E-state index >= 15 is 0 Å². The van der Waals surface area contributed by atoms with E-state index in [1.165, 1.54) is 0 Å². The lowest BCUT2D eigenvalue weighted by Crippen LogP contribution is -2.48. The van der Waals surface area contributed by atoms with Crippen LogP contribution in [0.5, 0.6) is 0 Å². The molecule has 0 fully saturated rings. The van der Waals surface area contributed by atoms with Gasteiger partial charge in [-0.1, -0.05) is 0 Å². The molecule has 2 N–H and O–H groups in total. The Morgan fingerprint density at radius 2 is 2.07 bits per heavy atom. The normalized spacial score (nSPS) is 14.2. The molecule has 0 saturated heterocycles. The van der Waals surface area contributed by atoms with Gasteiger partial charge in [-0.3, -0.25) is 9.69 Å². The molecule has 0 radical (unpaired) electrons. The number of aliphatic hydroxyl groups is 1. The number of hydrogen-bond donors (Lipinski definition) is 2. The summed E-state index contributed by atoms with van der Waals surface area (Å²) in [5.74, 6) is -0.000694. The van der Waals surface area contributed by atoms with Gasteiger partial charge in [-0.15, -0.1) is 0 Å². The van der Waals surface area contributed by atoms with Gasteiger partial charge in [0, 0.05) is 13.1 Å². The monoisotopic (exact) mass is 202 g/mol. The van der Waals surface area contributed by atoms with E-state index in [9.17, 15) is 9.90 Å². The van der Waals surface area contributed by atoms with Crippen LogP contribution in [0.2, 0.25) is 0 Å². The molecule has 0 spiro atoms. The first-order valence-corrected chi connectivity index (χ1v) is 4.98. The number of likely N-dealkylation sites (N-methyl/N-ethyl adjacent to an activating group) is 2. The third kappa shape index (κ3) is 5.19. The highest BCUT2D eigenvalue weighted by Gasteiger charge is 2.22. The van der Waals surface area contributed by atoms with Gasteiger partial charge < -0.3 is 10.4 Å². The highest BCUT2D eigenvalue weighted by Crippen LogP contribution is 2.06. The summed E-state index contributed by atoms with van der Waals surface area (Å²) < 4.78 is 0. The molecule has 0 bridgehead atoms. The summed E-state index contributed by atoms with van der Waals surface area (Å²) in [7, 11) is 1.83. The lowest BCUT2D eigenvalue weighted by atomic mass is 10.1. The zero-order valence-electron chi connectivity index (χ0n) is 9.79. The van der Waals surface area contributed by atoms with E-state index in [1.807, 2.05) is 25.8 Å². The molecule has 1 unspecified atom stereocenters. The number of nitrogens with zero attached hydrogens (tertiary/aromatic N) is 1. The fraction of sp³-hybridized carbons (Fsp3) is 0.900. The fourth-order valence-corrected chi connectivity index (χ4v) is 1.27. The summed E-state index contributed by atoms with van der Waals surface area (Å²) in [6, 6.07) is -0.207. The van der Waals surface area contributed by atoms with E-state index in [0.717, 1.165) is 0 Å². The van der Waals surface area contributed by atoms with Gasteiger partial charge in [-0.25, -0.2) is 0 Å². The van der Waals surface area contributed by atoms with E-state index in [0.29, 0.717) is 13.1 Å². The maximum Gasteiger partial charge on any atom is 0.237 e. The molecule has 0 aliphatic carbocycles. The van der Waals surface area contributed by atoms with E-state index < -0.39 is 5.60 Å². The van der Waals surface area contributed by atoms with Crippen molar-refractivity contribution in [1.82, 2.24) is 10.2 Å². The average molecular weight is 202 g/mol. The SMILES string of the molecule is CCNC(=O)C(C)N(C)CC(C)(C)O. The second kappa shape index (κ2) is 5.32. The second-order valence-corrected chi connectivity index (χ2v) is 4.30. The minimum atomic E-state index is -0.768. The van der Waals surface area contributed by atoms with Crippen LogP contribution in [0.4, 0.5) is 0 Å². The highest BCUT2D eigenvalue weighted by atomic mass is 16.3. The van der Waals surface area contributed by atoms with Gasteiger partial charge in [0.05, 0.1) is 11.6 Å². The zero-order valence-corrected chi connectivity index (χ0v) is 9.79. The molecule has 0 aromatic heterocycles. The first-order valence-electron chi connectivity index (χ1n) is 4.98. The van der Waals surface area contributed by atoms with E-state index in [-0.39, 0.29) is 11.9 Å². The Hall–Kier alpha value is -0.610. The highest BCUT2D eigenvalue weighted by molar-refractivity contribution is 5.81. The molecule has 0 aliphatic rings. The Kier molecular flexibility index (Phi) is 5.08. The van der Waals surface area contributed by atoms with Crippen LogP contribution in [0.15, 0.2) is 0 Å². The van der Waals surface area contributed by atoms with Crippen molar-refractivity contribution >= 4 is 5.91 Å². The molecule has 4 heteroatoms. The summed E-state index contributed by atoms with van der Waals surface area (Å²) in [5.41, 5.74) is -0.768. The molecular weight excluding hydrogens is 180 g/mol. The molecule has 1 atom stereocenters. The Morgan fingerprint density at radius 3 is 2.43 bits per heavy atom. The summed E-state index contributed by atoms with van der Waals surface area (Å²) in [6.07, 6.45) is 0. The standard InChI is InChI=1S/C10H22N2O2/c1-6-11-9(13)8(2)12(5)7-10(3,4)14/h8,14H,6-7H2,1-5H3,(H,11,13). The summed E-state index contributed by atoms with van der Waals surface area (Å²) in [6.45, 7) is 8.30. The van der Waals surface area contributed by atoms with Gasteiger partial charge in [0.15, 0.2) is 0 Å². The van der Waals surface area contributed by atoms with Gasteiger partial charge in [0.1, 0.15) is 0 Å². The van der Waals surface area contributed by atoms with E-state index in [2.05, 4.69) is 5.32 Å². The number of rotatable bonds is 5. The van der Waals surface area contributed by atoms with Crippen LogP contribution < -0.4 is 5.32 Å². The summed E-state index contributed by atoms with van der Waals surface area (Å²) in [4.78, 5) is 13.3. The maximum absolute atomic E-state index is 11.4. The van der Waals surface area contributed by atoms with Crippen LogP contribution in [0.25, 0.3) is 0 Å². The van der Waals surface area contributed by atoms with Gasteiger partial charge >= 0.3 is 0 Å². The Balaban J connectivity index is 4.11. The summed E-state index contributed by atoms with van der Waals surface area (Å²) >= 11 is 0. The van der Waals surface area contributed by atoms with Crippen molar-refractivity contribution in [3.8, 4) is 0 Å². The van der Waals surface area contributed by atoms with E-state index in [4.69, 9.17) is 0 Å². The molecule has 0 aromatic rings. The molecule has 0 aliphatic heterocycles. The van der Waals surface area contributed by atoms with Crippen LogP contribution in [-0.2, 0) is 4.79 Å². The van der Waals surface area contributed by atoms with Crippen molar-refractivity contribution in [3.05, 3.63) is 0 Å². The average Bonchev–Trinajstić information content (AvgIpc) is 2.00. The second-order valence-electron chi connectivity index (χ2n) is 4.30. The molecule has 0 rings (SSSR count). The predicted molar refractivity (Wildman–Crippen MR) is 57.1 cm³/mol. The van der Waals surface area contributed by atoms with Crippen molar-refractivity contribution in [2.45, 2.75) is 39.3 Å². The van der Waals surface area contributed by atoms with E-state index in [1.54, 1.807) is 13.8 Å². The molecule has 4 nitrogen and oxygen atoms in total. The third-order valence-electron chi connectivity index (χ3n) is 2.03. The minimum Gasteiger partial charge on any atom is -0.389 e. The maximum atomic E-state index is 11.4. The van der Waals surface area contributed by atoms with Crippen molar-refractivity contribution in [3.63, 3.8) is 0 Å². The fourth-order valence-electron chi connectivity index (χ4n) is 1.27. The Labute approximate surface area is 86.3 Å². The molecule has 0 saturated carbocycles. The lowest BCUT2D eigenvalue weighted by molar-refractivity contribution is -0.126. The van der Waals surface area contributed by atoms with Crippen LogP contribution in [0.1, 0.15) is 27.7 Å². The van der Waals surface area contributed by atoms with Crippen molar-refractivity contribution in [2.24, 2.45) is 0 Å². The topological polar surface area (TPSA) is 52.6 Å². The van der Waals surface area contributed by atoms with Crippen LogP contribution >= 0.6 is 0 Å². The van der Waals surface area contributed by atoms with Gasteiger partial charge in [-0.2, -0.15) is 0 Å². The van der Waals surface area contributed by atoms with Crippen molar-refractivity contribution in [1.29, 1.82) is 0 Å². The quantitative estimate of drug-likeness (QED) is 0.670. The molecular formula is C10H22N2O2. The zero-order chi connectivity index (χ0) is 11.4. The third-order valence-corrected chi connectivity index (χ3v) is 2.03. The Bertz CT molecular complexity index is 187.